The van der Waals surface area contributed by atoms with Gasteiger partial charge in [0.1, 0.15) is 11.7 Å². The van der Waals surface area contributed by atoms with E-state index >= 15 is 0 Å². The molecule has 1 aromatic carbocycles. The van der Waals surface area contributed by atoms with Crippen molar-refractivity contribution < 1.29 is 12.8 Å². The van der Waals surface area contributed by atoms with E-state index in [0.29, 0.717) is 11.1 Å². The van der Waals surface area contributed by atoms with Crippen molar-refractivity contribution in [1.82, 2.24) is 4.31 Å². The SMILES string of the molecule is CCN(CC(=N)N)S(=O)(=O)c1c(C)cc(F)cc1C. The number of aryl methyl sites for hydroxylation is 2. The molecule has 7 heteroatoms. The maximum absolute atomic E-state index is 13.2. The third-order valence-electron chi connectivity index (χ3n) is 2.72. The van der Waals surface area contributed by atoms with Gasteiger partial charge in [0.2, 0.25) is 10.0 Å². The Bertz CT molecular complexity index is 576. The van der Waals surface area contributed by atoms with Gasteiger partial charge in [-0.15, -0.1) is 0 Å². The molecule has 0 aliphatic rings. The molecule has 3 N–H and O–H groups in total. The third-order valence-corrected chi connectivity index (χ3v) is 4.95. The fourth-order valence-corrected chi connectivity index (χ4v) is 3.83. The Morgan fingerprint density at radius 1 is 1.37 bits per heavy atom. The second kappa shape index (κ2) is 5.66. The van der Waals surface area contributed by atoms with Crippen molar-refractivity contribution in [1.29, 1.82) is 5.41 Å². The summed E-state index contributed by atoms with van der Waals surface area (Å²) in [6, 6.07) is 2.36. The van der Waals surface area contributed by atoms with Gasteiger partial charge in [-0.2, -0.15) is 4.31 Å². The van der Waals surface area contributed by atoms with Gasteiger partial charge in [0, 0.05) is 6.54 Å². The Kier molecular flexibility index (Phi) is 4.65. The lowest BCUT2D eigenvalue weighted by molar-refractivity contribution is 0.464. The molecule has 0 aromatic heterocycles. The average Bonchev–Trinajstić information content (AvgIpc) is 2.23. The molecule has 0 saturated heterocycles. The maximum atomic E-state index is 13.2. The molecule has 0 saturated carbocycles. The van der Waals surface area contributed by atoms with Gasteiger partial charge in [-0.1, -0.05) is 6.92 Å². The fourth-order valence-electron chi connectivity index (χ4n) is 1.99. The van der Waals surface area contributed by atoms with E-state index in [2.05, 4.69) is 0 Å². The molecule has 0 amide bonds. The summed E-state index contributed by atoms with van der Waals surface area (Å²) in [6.45, 7) is 4.77. The van der Waals surface area contributed by atoms with Crippen LogP contribution in [0.4, 0.5) is 4.39 Å². The number of nitrogens with two attached hydrogens (primary N) is 1. The van der Waals surface area contributed by atoms with E-state index in [1.165, 1.54) is 12.1 Å². The molecule has 19 heavy (non-hydrogen) atoms. The Hall–Kier alpha value is -1.47. The standard InChI is InChI=1S/C12H18FN3O2S/c1-4-16(7-11(14)15)19(17,18)12-8(2)5-10(13)6-9(12)3/h5-6H,4,7H2,1-3H3,(H3,14,15). The minimum atomic E-state index is -3.78. The van der Waals surface area contributed by atoms with Gasteiger partial charge < -0.3 is 5.73 Å². The van der Waals surface area contributed by atoms with Gasteiger partial charge in [-0.05, 0) is 37.1 Å². The number of hydrogen-bond acceptors (Lipinski definition) is 3. The summed E-state index contributed by atoms with van der Waals surface area (Å²) in [5, 5.41) is 7.22. The topological polar surface area (TPSA) is 87.2 Å². The first-order valence-corrected chi connectivity index (χ1v) is 7.24. The molecule has 0 unspecified atom stereocenters. The van der Waals surface area contributed by atoms with Crippen LogP contribution in [0.25, 0.3) is 0 Å². The summed E-state index contributed by atoms with van der Waals surface area (Å²) in [5.74, 6) is -0.702. The highest BCUT2D eigenvalue weighted by Crippen LogP contribution is 2.24. The number of nitrogens with one attached hydrogen (secondary N) is 1. The second-order valence-corrected chi connectivity index (χ2v) is 6.20. The summed E-state index contributed by atoms with van der Waals surface area (Å²) in [5.41, 5.74) is 5.95. The van der Waals surface area contributed by atoms with Crippen LogP contribution in [0.2, 0.25) is 0 Å². The predicted octanol–water partition coefficient (Wildman–Crippen LogP) is 1.39. The minimum absolute atomic E-state index is 0.0806. The Balaban J connectivity index is 3.38. The lowest BCUT2D eigenvalue weighted by Gasteiger charge is -2.22. The summed E-state index contributed by atoms with van der Waals surface area (Å²) in [7, 11) is -3.78. The van der Waals surface area contributed by atoms with Crippen molar-refractivity contribution >= 4 is 15.9 Å². The highest BCUT2D eigenvalue weighted by Gasteiger charge is 2.27. The number of benzene rings is 1. The zero-order valence-corrected chi connectivity index (χ0v) is 12.0. The normalized spacial score (nSPS) is 11.8. The molecule has 0 spiro atoms. The summed E-state index contributed by atoms with van der Waals surface area (Å²) in [4.78, 5) is 0.0806. The van der Waals surface area contributed by atoms with Gasteiger partial charge >= 0.3 is 0 Å². The van der Waals surface area contributed by atoms with Crippen molar-refractivity contribution in [2.75, 3.05) is 13.1 Å². The first-order chi connectivity index (χ1) is 8.70. The van der Waals surface area contributed by atoms with Crippen molar-refractivity contribution in [3.05, 3.63) is 29.1 Å². The Labute approximate surface area is 112 Å². The van der Waals surface area contributed by atoms with Gasteiger partial charge in [-0.25, -0.2) is 12.8 Å². The first kappa shape index (κ1) is 15.6. The van der Waals surface area contributed by atoms with E-state index in [9.17, 15) is 12.8 Å². The Morgan fingerprint density at radius 2 is 1.84 bits per heavy atom. The predicted molar refractivity (Wildman–Crippen MR) is 72.2 cm³/mol. The van der Waals surface area contributed by atoms with Crippen molar-refractivity contribution in [2.24, 2.45) is 5.73 Å². The van der Waals surface area contributed by atoms with Gasteiger partial charge in [0.15, 0.2) is 0 Å². The molecule has 5 nitrogen and oxygen atoms in total. The maximum Gasteiger partial charge on any atom is 0.244 e. The number of amidine groups is 1. The molecule has 0 bridgehead atoms. The smallest absolute Gasteiger partial charge is 0.244 e. The van der Waals surface area contributed by atoms with Crippen molar-refractivity contribution in [2.45, 2.75) is 25.7 Å². The number of likely N-dealkylation sites (N-methyl/N-ethyl adjacent to an activating group) is 1. The third kappa shape index (κ3) is 3.30. The molecule has 0 aliphatic heterocycles. The molecule has 0 atom stereocenters. The number of sulfonamides is 1. The molecule has 0 radical (unpaired) electrons. The van der Waals surface area contributed by atoms with Crippen LogP contribution < -0.4 is 5.73 Å². The molecule has 0 fully saturated rings. The lowest BCUT2D eigenvalue weighted by Crippen LogP contribution is -2.38. The monoisotopic (exact) mass is 287 g/mol. The fraction of sp³-hybridized carbons (Fsp3) is 0.417. The van der Waals surface area contributed by atoms with Gasteiger partial charge in [0.25, 0.3) is 0 Å². The minimum Gasteiger partial charge on any atom is -0.387 e. The number of hydrogen-bond donors (Lipinski definition) is 2. The van der Waals surface area contributed by atoms with E-state index < -0.39 is 15.8 Å². The van der Waals surface area contributed by atoms with Gasteiger partial charge in [0.05, 0.1) is 11.4 Å². The van der Waals surface area contributed by atoms with E-state index in [1.54, 1.807) is 20.8 Å². The van der Waals surface area contributed by atoms with E-state index in [-0.39, 0.29) is 23.8 Å². The molecular weight excluding hydrogens is 269 g/mol. The quantitative estimate of drug-likeness (QED) is 0.633. The van der Waals surface area contributed by atoms with Crippen LogP contribution in [0.5, 0.6) is 0 Å². The number of nitrogens with zero attached hydrogens (tertiary/aromatic N) is 1. The van der Waals surface area contributed by atoms with Crippen LogP contribution in [0, 0.1) is 25.1 Å². The van der Waals surface area contributed by atoms with E-state index in [1.807, 2.05) is 0 Å². The summed E-state index contributed by atoms with van der Waals surface area (Å²) < 4.78 is 39.3. The van der Waals surface area contributed by atoms with Crippen molar-refractivity contribution in [3.8, 4) is 0 Å². The van der Waals surface area contributed by atoms with Crippen LogP contribution in [0.1, 0.15) is 18.1 Å². The van der Waals surface area contributed by atoms with Crippen LogP contribution in [0.3, 0.4) is 0 Å². The Morgan fingerprint density at radius 3 is 2.21 bits per heavy atom. The molecule has 0 aliphatic carbocycles. The van der Waals surface area contributed by atoms with Crippen molar-refractivity contribution in [3.63, 3.8) is 0 Å². The summed E-state index contributed by atoms with van der Waals surface area (Å²) in [6.07, 6.45) is 0. The highest BCUT2D eigenvalue weighted by atomic mass is 32.2. The number of halogens is 1. The molecule has 1 aromatic rings. The average molecular weight is 287 g/mol. The summed E-state index contributed by atoms with van der Waals surface area (Å²) >= 11 is 0. The van der Waals surface area contributed by atoms with Gasteiger partial charge in [-0.3, -0.25) is 5.41 Å². The second-order valence-electron chi connectivity index (χ2n) is 4.33. The van der Waals surface area contributed by atoms with E-state index in [0.717, 1.165) is 4.31 Å². The molecule has 106 valence electrons. The number of rotatable bonds is 5. The van der Waals surface area contributed by atoms with Crippen LogP contribution >= 0.6 is 0 Å². The molecular formula is C12H18FN3O2S. The zero-order valence-electron chi connectivity index (χ0n) is 11.2. The van der Waals surface area contributed by atoms with Crippen LogP contribution in [0.15, 0.2) is 17.0 Å². The van der Waals surface area contributed by atoms with E-state index in [4.69, 9.17) is 11.1 Å². The lowest BCUT2D eigenvalue weighted by atomic mass is 10.1. The highest BCUT2D eigenvalue weighted by molar-refractivity contribution is 7.89. The largest absolute Gasteiger partial charge is 0.387 e. The zero-order chi connectivity index (χ0) is 14.8. The molecule has 1 rings (SSSR count). The molecule has 0 heterocycles. The first-order valence-electron chi connectivity index (χ1n) is 5.80. The van der Waals surface area contributed by atoms with Crippen LogP contribution in [-0.2, 0) is 10.0 Å². The van der Waals surface area contributed by atoms with Crippen LogP contribution in [-0.4, -0.2) is 31.6 Å².